The van der Waals surface area contributed by atoms with Gasteiger partial charge in [0.15, 0.2) is 14.6 Å². The molecule has 0 bridgehead atoms. The zero-order chi connectivity index (χ0) is 16.0. The van der Waals surface area contributed by atoms with Gasteiger partial charge in [0.2, 0.25) is 0 Å². The van der Waals surface area contributed by atoms with Gasteiger partial charge in [0.1, 0.15) is 9.84 Å². The van der Waals surface area contributed by atoms with Crippen molar-refractivity contribution in [3.63, 3.8) is 0 Å². The number of H-pyrrole nitrogens is 1. The Morgan fingerprint density at radius 1 is 1.24 bits per heavy atom. The maximum Gasteiger partial charge on any atom is 0.178 e. The van der Waals surface area contributed by atoms with Gasteiger partial charge in [-0.15, -0.1) is 0 Å². The average molecular weight is 348 g/mol. The fraction of sp³-hybridized carbons (Fsp3) is 0.417. The molecule has 0 saturated heterocycles. The maximum atomic E-state index is 11.8. The van der Waals surface area contributed by atoms with Crippen LogP contribution in [0.15, 0.2) is 23.1 Å². The van der Waals surface area contributed by atoms with E-state index in [1.54, 1.807) is 23.6 Å². The number of rotatable bonds is 4. The van der Waals surface area contributed by atoms with Gasteiger partial charge in [-0.3, -0.25) is 0 Å². The fourth-order valence-electron chi connectivity index (χ4n) is 2.38. The predicted molar refractivity (Wildman–Crippen MR) is 84.7 cm³/mol. The molecule has 2 aromatic rings. The first-order valence-electron chi connectivity index (χ1n) is 6.12. The molecule has 116 valence electrons. The molecule has 1 heterocycles. The summed E-state index contributed by atoms with van der Waals surface area (Å²) in [5.74, 6) is -0.0721. The highest BCUT2D eigenvalue weighted by Gasteiger charge is 2.19. The van der Waals surface area contributed by atoms with E-state index < -0.39 is 25.7 Å². The largest absolute Gasteiger partial charge is 0.329 e. The normalized spacial score (nSPS) is 14.4. The number of fused-ring (bicyclic) bond motifs is 1. The fourth-order valence-corrected chi connectivity index (χ4v) is 4.64. The lowest BCUT2D eigenvalue weighted by Crippen LogP contribution is -2.16. The summed E-state index contributed by atoms with van der Waals surface area (Å²) in [5, 5.41) is 0. The molecule has 0 saturated carbocycles. The standard InChI is InChI=1S/C12H16N2O4S3/c1-8(7-20(2,15)16)14-9-5-4-6-10(21(3,17)18)11(9)13-12(14)19/h4-6,8H,7H2,1-3H3,(H,13,19). The number of benzene rings is 1. The SMILES string of the molecule is CC(CS(C)(=O)=O)n1c(=S)[nH]c2c(S(C)(=O)=O)cccc21. The Morgan fingerprint density at radius 2 is 1.86 bits per heavy atom. The molecule has 9 heteroatoms. The Bertz CT molecular complexity index is 952. The number of nitrogens with zero attached hydrogens (tertiary/aromatic N) is 1. The van der Waals surface area contributed by atoms with Crippen molar-refractivity contribution in [3.8, 4) is 0 Å². The number of para-hydroxylation sites is 1. The minimum Gasteiger partial charge on any atom is -0.329 e. The third-order valence-corrected chi connectivity index (χ3v) is 5.62. The van der Waals surface area contributed by atoms with Crippen LogP contribution >= 0.6 is 12.2 Å². The first-order valence-corrected chi connectivity index (χ1v) is 10.5. The van der Waals surface area contributed by atoms with Gasteiger partial charge < -0.3 is 9.55 Å². The molecule has 0 aliphatic heterocycles. The van der Waals surface area contributed by atoms with Crippen molar-refractivity contribution in [2.24, 2.45) is 0 Å². The van der Waals surface area contributed by atoms with E-state index in [4.69, 9.17) is 12.2 Å². The average Bonchev–Trinajstić information content (AvgIpc) is 2.60. The van der Waals surface area contributed by atoms with Gasteiger partial charge in [0.25, 0.3) is 0 Å². The van der Waals surface area contributed by atoms with Crippen LogP contribution < -0.4 is 0 Å². The smallest absolute Gasteiger partial charge is 0.178 e. The molecule has 2 rings (SSSR count). The second kappa shape index (κ2) is 5.22. The Kier molecular flexibility index (Phi) is 4.02. The lowest BCUT2D eigenvalue weighted by atomic mass is 10.3. The number of imidazole rings is 1. The topological polar surface area (TPSA) is 89.0 Å². The van der Waals surface area contributed by atoms with E-state index in [-0.39, 0.29) is 10.6 Å². The van der Waals surface area contributed by atoms with Crippen LogP contribution in [0.5, 0.6) is 0 Å². The molecule has 1 atom stereocenters. The summed E-state index contributed by atoms with van der Waals surface area (Å²) < 4.78 is 48.5. The Morgan fingerprint density at radius 3 is 2.38 bits per heavy atom. The van der Waals surface area contributed by atoms with Gasteiger partial charge in [-0.1, -0.05) is 6.07 Å². The first kappa shape index (κ1) is 16.2. The summed E-state index contributed by atoms with van der Waals surface area (Å²) in [4.78, 5) is 3.02. The number of hydrogen-bond acceptors (Lipinski definition) is 5. The molecule has 0 spiro atoms. The maximum absolute atomic E-state index is 11.8. The number of nitrogens with one attached hydrogen (secondary N) is 1. The third-order valence-electron chi connectivity index (χ3n) is 3.10. The molecule has 1 N–H and O–H groups in total. The molecule has 1 aromatic heterocycles. The molecular weight excluding hydrogens is 332 g/mol. The van der Waals surface area contributed by atoms with E-state index in [2.05, 4.69) is 4.98 Å². The van der Waals surface area contributed by atoms with Crippen LogP contribution in [0.3, 0.4) is 0 Å². The molecule has 6 nitrogen and oxygen atoms in total. The molecule has 1 aromatic carbocycles. The van der Waals surface area contributed by atoms with E-state index >= 15 is 0 Å². The summed E-state index contributed by atoms with van der Waals surface area (Å²) in [6, 6.07) is 4.44. The van der Waals surface area contributed by atoms with E-state index in [9.17, 15) is 16.8 Å². The van der Waals surface area contributed by atoms with Crippen molar-refractivity contribution in [2.75, 3.05) is 18.3 Å². The van der Waals surface area contributed by atoms with Crippen molar-refractivity contribution in [1.29, 1.82) is 0 Å². The van der Waals surface area contributed by atoms with E-state index in [1.807, 2.05) is 0 Å². The molecule has 0 amide bonds. The van der Waals surface area contributed by atoms with Crippen molar-refractivity contribution in [1.82, 2.24) is 9.55 Å². The van der Waals surface area contributed by atoms with Crippen LogP contribution in [0.4, 0.5) is 0 Å². The zero-order valence-electron chi connectivity index (χ0n) is 11.8. The highest BCUT2D eigenvalue weighted by molar-refractivity contribution is 7.91. The van der Waals surface area contributed by atoms with Crippen LogP contribution in [-0.4, -0.2) is 44.7 Å². The predicted octanol–water partition coefficient (Wildman–Crippen LogP) is 1.71. The lowest BCUT2D eigenvalue weighted by molar-refractivity contribution is 0.565. The first-order chi connectivity index (χ1) is 9.50. The number of aromatic amines is 1. The third kappa shape index (κ3) is 3.35. The Balaban J connectivity index is 2.73. The highest BCUT2D eigenvalue weighted by Crippen LogP contribution is 2.25. The molecule has 0 radical (unpaired) electrons. The second-order valence-corrected chi connectivity index (χ2v) is 9.72. The van der Waals surface area contributed by atoms with Gasteiger partial charge in [-0.25, -0.2) is 16.8 Å². The van der Waals surface area contributed by atoms with Gasteiger partial charge in [-0.05, 0) is 31.3 Å². The molecule has 0 aliphatic rings. The van der Waals surface area contributed by atoms with Crippen molar-refractivity contribution in [3.05, 3.63) is 23.0 Å². The molecule has 21 heavy (non-hydrogen) atoms. The zero-order valence-corrected chi connectivity index (χ0v) is 14.3. The molecular formula is C12H16N2O4S3. The minimum absolute atomic E-state index is 0.0721. The molecule has 0 fully saturated rings. The van der Waals surface area contributed by atoms with Crippen LogP contribution in [0.25, 0.3) is 11.0 Å². The van der Waals surface area contributed by atoms with Gasteiger partial charge in [0.05, 0.1) is 21.7 Å². The summed E-state index contributed by atoms with van der Waals surface area (Å²) in [6.07, 6.45) is 2.28. The molecule has 0 aliphatic carbocycles. The van der Waals surface area contributed by atoms with Gasteiger partial charge in [-0.2, -0.15) is 0 Å². The van der Waals surface area contributed by atoms with Crippen molar-refractivity contribution in [2.45, 2.75) is 17.9 Å². The highest BCUT2D eigenvalue weighted by atomic mass is 32.2. The van der Waals surface area contributed by atoms with Gasteiger partial charge >= 0.3 is 0 Å². The summed E-state index contributed by atoms with van der Waals surface area (Å²) in [5.41, 5.74) is 0.990. The van der Waals surface area contributed by atoms with Crippen molar-refractivity contribution >= 4 is 42.9 Å². The van der Waals surface area contributed by atoms with E-state index in [1.165, 1.54) is 6.07 Å². The Labute approximate surface area is 128 Å². The number of sulfone groups is 2. The Hall–Kier alpha value is -1.19. The molecule has 1 unspecified atom stereocenters. The van der Waals surface area contributed by atoms with Crippen LogP contribution in [0, 0.1) is 4.77 Å². The second-order valence-electron chi connectivity index (χ2n) is 5.16. The monoisotopic (exact) mass is 348 g/mol. The summed E-state index contributed by atoms with van der Waals surface area (Å²) >= 11 is 5.22. The van der Waals surface area contributed by atoms with Crippen LogP contribution in [-0.2, 0) is 19.7 Å². The van der Waals surface area contributed by atoms with E-state index in [0.717, 1.165) is 12.5 Å². The van der Waals surface area contributed by atoms with Gasteiger partial charge in [0, 0.05) is 18.6 Å². The minimum atomic E-state index is -3.40. The van der Waals surface area contributed by atoms with Crippen molar-refractivity contribution < 1.29 is 16.8 Å². The lowest BCUT2D eigenvalue weighted by Gasteiger charge is -2.13. The summed E-state index contributed by atoms with van der Waals surface area (Å²) in [7, 11) is -6.58. The number of hydrogen-bond donors (Lipinski definition) is 1. The van der Waals surface area contributed by atoms with Crippen LogP contribution in [0.1, 0.15) is 13.0 Å². The number of aromatic nitrogens is 2. The quantitative estimate of drug-likeness (QED) is 0.850. The van der Waals surface area contributed by atoms with E-state index in [0.29, 0.717) is 15.8 Å². The van der Waals surface area contributed by atoms with Crippen LogP contribution in [0.2, 0.25) is 0 Å². The summed E-state index contributed by atoms with van der Waals surface area (Å²) in [6.45, 7) is 1.73.